The third kappa shape index (κ3) is 2.77. The number of methoxy groups -OCH3 is 2. The van der Waals surface area contributed by atoms with Gasteiger partial charge < -0.3 is 13.9 Å². The highest BCUT2D eigenvalue weighted by atomic mass is 16.5. The van der Waals surface area contributed by atoms with E-state index in [2.05, 4.69) is 15.3 Å². The van der Waals surface area contributed by atoms with Crippen molar-refractivity contribution in [3.8, 4) is 5.75 Å². The monoisotopic (exact) mass is 276 g/mol. The Kier molecular flexibility index (Phi) is 3.99. The molecule has 0 bridgehead atoms. The van der Waals surface area contributed by atoms with Gasteiger partial charge in [0.15, 0.2) is 0 Å². The molecular weight excluding hydrogens is 264 g/mol. The molecular formula is C13H12N2O5. The van der Waals surface area contributed by atoms with Crippen LogP contribution in [0.5, 0.6) is 5.75 Å². The zero-order chi connectivity index (χ0) is 14.5. The van der Waals surface area contributed by atoms with E-state index in [-0.39, 0.29) is 11.0 Å². The molecule has 7 heteroatoms. The minimum absolute atomic E-state index is 0.207. The molecule has 1 N–H and O–H groups in total. The highest BCUT2D eigenvalue weighted by molar-refractivity contribution is 5.87. The van der Waals surface area contributed by atoms with Crippen LogP contribution in [-0.2, 0) is 4.74 Å². The number of amides is 1. The lowest BCUT2D eigenvalue weighted by Gasteiger charge is -2.02. The molecule has 1 aromatic heterocycles. The number of nitrogens with one attached hydrogen (secondary N) is 1. The number of hydrogen-bond donors (Lipinski definition) is 1. The van der Waals surface area contributed by atoms with E-state index in [0.29, 0.717) is 16.7 Å². The molecule has 20 heavy (non-hydrogen) atoms. The van der Waals surface area contributed by atoms with Crippen LogP contribution in [0.25, 0.3) is 11.0 Å². The second-order valence-corrected chi connectivity index (χ2v) is 3.74. The Morgan fingerprint density at radius 2 is 2.20 bits per heavy atom. The number of fused-ring (bicyclic) bond motifs is 1. The average molecular weight is 276 g/mol. The van der Waals surface area contributed by atoms with Crippen molar-refractivity contribution in [2.24, 2.45) is 5.10 Å². The lowest BCUT2D eigenvalue weighted by molar-refractivity contribution is 0.171. The molecule has 7 nitrogen and oxygen atoms in total. The van der Waals surface area contributed by atoms with Crippen molar-refractivity contribution >= 4 is 23.3 Å². The van der Waals surface area contributed by atoms with Gasteiger partial charge in [-0.2, -0.15) is 5.10 Å². The maximum Gasteiger partial charge on any atom is 0.427 e. The molecule has 1 amide bonds. The van der Waals surface area contributed by atoms with E-state index in [1.807, 2.05) is 0 Å². The molecule has 0 spiro atoms. The number of benzene rings is 1. The highest BCUT2D eigenvalue weighted by Crippen LogP contribution is 2.18. The van der Waals surface area contributed by atoms with E-state index < -0.39 is 6.09 Å². The average Bonchev–Trinajstić information content (AvgIpc) is 2.48. The molecule has 104 valence electrons. The summed E-state index contributed by atoms with van der Waals surface area (Å²) in [6.45, 7) is 0. The van der Waals surface area contributed by atoms with Crippen LogP contribution in [0.15, 0.2) is 38.8 Å². The van der Waals surface area contributed by atoms with Crippen LogP contribution >= 0.6 is 0 Å². The lowest BCUT2D eigenvalue weighted by Crippen LogP contribution is -2.18. The smallest absolute Gasteiger partial charge is 0.427 e. The molecule has 2 rings (SSSR count). The summed E-state index contributed by atoms with van der Waals surface area (Å²) in [5.74, 6) is 0.592. The Morgan fingerprint density at radius 1 is 1.40 bits per heavy atom. The fourth-order valence-corrected chi connectivity index (χ4v) is 1.54. The number of carbonyl (C=O) groups excluding carboxylic acids is 1. The third-order valence-electron chi connectivity index (χ3n) is 2.55. The summed E-state index contributed by atoms with van der Waals surface area (Å²) in [4.78, 5) is 22.9. The Bertz CT molecular complexity index is 720. The van der Waals surface area contributed by atoms with Gasteiger partial charge in [-0.25, -0.2) is 10.2 Å². The van der Waals surface area contributed by atoms with Crippen LogP contribution in [0.1, 0.15) is 5.56 Å². The molecule has 0 aliphatic rings. The maximum absolute atomic E-state index is 12.1. The van der Waals surface area contributed by atoms with Crippen LogP contribution in [0.3, 0.4) is 0 Å². The van der Waals surface area contributed by atoms with Crippen LogP contribution in [0, 0.1) is 0 Å². The second kappa shape index (κ2) is 5.87. The molecule has 0 atom stereocenters. The zero-order valence-corrected chi connectivity index (χ0v) is 10.9. The summed E-state index contributed by atoms with van der Waals surface area (Å²) in [6, 6.07) is 4.88. The summed E-state index contributed by atoms with van der Waals surface area (Å²) in [6.07, 6.45) is 1.72. The van der Waals surface area contributed by atoms with Gasteiger partial charge in [-0.1, -0.05) is 0 Å². The molecule has 0 aliphatic heterocycles. The molecule has 1 aromatic carbocycles. The van der Waals surface area contributed by atoms with Crippen LogP contribution in [0.4, 0.5) is 4.79 Å². The van der Waals surface area contributed by atoms with Gasteiger partial charge in [0, 0.05) is 6.07 Å². The predicted octanol–water partition coefficient (Wildman–Crippen LogP) is 1.49. The fourth-order valence-electron chi connectivity index (χ4n) is 1.54. The standard InChI is InChI=1S/C13H12N2O5/c1-18-9-3-4-10-11(5-9)20-7-8(12(10)16)6-14-15-13(17)19-2/h3-7H,1-2H3,(H,15,17)/b14-6+. The van der Waals surface area contributed by atoms with Gasteiger partial charge in [0.25, 0.3) is 0 Å². The summed E-state index contributed by atoms with van der Waals surface area (Å²) >= 11 is 0. The molecule has 2 aromatic rings. The fraction of sp³-hybridized carbons (Fsp3) is 0.154. The van der Waals surface area contributed by atoms with Gasteiger partial charge in [0.05, 0.1) is 31.4 Å². The van der Waals surface area contributed by atoms with Crippen molar-refractivity contribution in [1.82, 2.24) is 5.43 Å². The van der Waals surface area contributed by atoms with E-state index in [1.54, 1.807) is 18.2 Å². The van der Waals surface area contributed by atoms with E-state index in [1.165, 1.54) is 26.7 Å². The maximum atomic E-state index is 12.1. The number of hydrogen-bond acceptors (Lipinski definition) is 6. The number of rotatable bonds is 3. The van der Waals surface area contributed by atoms with Gasteiger partial charge in [-0.05, 0) is 12.1 Å². The molecule has 0 saturated heterocycles. The van der Waals surface area contributed by atoms with Gasteiger partial charge in [-0.3, -0.25) is 4.79 Å². The summed E-state index contributed by atoms with van der Waals surface area (Å²) in [7, 11) is 2.74. The van der Waals surface area contributed by atoms with Crippen molar-refractivity contribution in [3.05, 3.63) is 40.2 Å². The molecule has 0 aliphatic carbocycles. The molecule has 0 fully saturated rings. The lowest BCUT2D eigenvalue weighted by atomic mass is 10.2. The van der Waals surface area contributed by atoms with E-state index >= 15 is 0 Å². The van der Waals surface area contributed by atoms with Crippen molar-refractivity contribution in [1.29, 1.82) is 0 Å². The Balaban J connectivity index is 2.35. The predicted molar refractivity (Wildman–Crippen MR) is 72.2 cm³/mol. The molecule has 0 radical (unpaired) electrons. The van der Waals surface area contributed by atoms with Crippen molar-refractivity contribution < 1.29 is 18.7 Å². The Labute approximate surface area is 113 Å². The normalized spacial score (nSPS) is 10.7. The third-order valence-corrected chi connectivity index (χ3v) is 2.55. The number of carbonyl (C=O) groups is 1. The van der Waals surface area contributed by atoms with E-state index in [0.717, 1.165) is 0 Å². The number of ether oxygens (including phenoxy) is 2. The van der Waals surface area contributed by atoms with Crippen LogP contribution < -0.4 is 15.6 Å². The first-order chi connectivity index (χ1) is 9.65. The van der Waals surface area contributed by atoms with Crippen LogP contribution in [-0.4, -0.2) is 26.5 Å². The first-order valence-electron chi connectivity index (χ1n) is 5.62. The number of nitrogens with zero attached hydrogens (tertiary/aromatic N) is 1. The van der Waals surface area contributed by atoms with Crippen LogP contribution in [0.2, 0.25) is 0 Å². The Hall–Kier alpha value is -2.83. The van der Waals surface area contributed by atoms with Gasteiger partial charge >= 0.3 is 6.09 Å². The van der Waals surface area contributed by atoms with Crippen molar-refractivity contribution in [2.75, 3.05) is 14.2 Å². The van der Waals surface area contributed by atoms with Crippen molar-refractivity contribution in [2.45, 2.75) is 0 Å². The van der Waals surface area contributed by atoms with Gasteiger partial charge in [0.2, 0.25) is 5.43 Å². The van der Waals surface area contributed by atoms with E-state index in [4.69, 9.17) is 9.15 Å². The zero-order valence-electron chi connectivity index (χ0n) is 10.9. The van der Waals surface area contributed by atoms with Gasteiger partial charge in [-0.15, -0.1) is 0 Å². The first-order valence-corrected chi connectivity index (χ1v) is 5.62. The summed E-state index contributed by atoms with van der Waals surface area (Å²) < 4.78 is 14.7. The quantitative estimate of drug-likeness (QED) is 0.677. The van der Waals surface area contributed by atoms with Crippen molar-refractivity contribution in [3.63, 3.8) is 0 Å². The summed E-state index contributed by atoms with van der Waals surface area (Å²) in [5.41, 5.74) is 2.44. The molecule has 1 heterocycles. The Morgan fingerprint density at radius 3 is 2.90 bits per heavy atom. The van der Waals surface area contributed by atoms with E-state index in [9.17, 15) is 9.59 Å². The summed E-state index contributed by atoms with van der Waals surface area (Å²) in [5, 5.41) is 3.98. The SMILES string of the molecule is COC(=O)N/N=C/c1coc2cc(OC)ccc2c1=O. The number of hydrazone groups is 1. The molecule has 0 unspecified atom stereocenters. The topological polar surface area (TPSA) is 90.1 Å². The molecule has 0 saturated carbocycles. The second-order valence-electron chi connectivity index (χ2n) is 3.74. The minimum Gasteiger partial charge on any atom is -0.497 e. The van der Waals surface area contributed by atoms with Gasteiger partial charge in [0.1, 0.15) is 17.6 Å². The highest BCUT2D eigenvalue weighted by Gasteiger charge is 2.06. The largest absolute Gasteiger partial charge is 0.497 e. The first kappa shape index (κ1) is 13.6. The minimum atomic E-state index is -0.726.